The summed E-state index contributed by atoms with van der Waals surface area (Å²) < 4.78 is 6.62. The van der Waals surface area contributed by atoms with Gasteiger partial charge in [0.2, 0.25) is 0 Å². The summed E-state index contributed by atoms with van der Waals surface area (Å²) in [6.07, 6.45) is 1.44. The quantitative estimate of drug-likeness (QED) is 0.388. The minimum absolute atomic E-state index is 0.0286. The molecule has 0 aliphatic carbocycles. The largest absolute Gasteiger partial charge is 0.450 e. The molecule has 0 spiro atoms. The molecule has 1 heterocycles. The van der Waals surface area contributed by atoms with Crippen LogP contribution in [0.15, 0.2) is 85.1 Å². The van der Waals surface area contributed by atoms with Crippen molar-refractivity contribution in [3.8, 4) is 6.07 Å². The smallest absolute Gasteiger partial charge is 0.266 e. The Labute approximate surface area is 170 Å². The lowest BCUT2D eigenvalue weighted by Gasteiger charge is -2.03. The number of amides is 1. The van der Waals surface area contributed by atoms with Gasteiger partial charge in [-0.05, 0) is 55.5 Å². The Morgan fingerprint density at radius 3 is 2.48 bits per heavy atom. The van der Waals surface area contributed by atoms with E-state index in [1.807, 2.05) is 55.5 Å². The van der Waals surface area contributed by atoms with Gasteiger partial charge in [-0.25, -0.2) is 0 Å². The van der Waals surface area contributed by atoms with Gasteiger partial charge in [-0.3, -0.25) is 4.79 Å². The number of hydrogen-bond acceptors (Lipinski definition) is 4. The fraction of sp³-hybridized carbons (Fsp3) is 0.0476. The van der Waals surface area contributed by atoms with Crippen molar-refractivity contribution in [3.63, 3.8) is 0 Å². The Morgan fingerprint density at radius 1 is 1.11 bits per heavy atom. The van der Waals surface area contributed by atoms with E-state index in [0.717, 1.165) is 9.37 Å². The molecule has 0 aliphatic heterocycles. The van der Waals surface area contributed by atoms with Crippen LogP contribution in [-0.4, -0.2) is 5.91 Å². The van der Waals surface area contributed by atoms with Gasteiger partial charge < -0.3 is 9.73 Å². The number of halogens is 1. The maximum absolute atomic E-state index is 12.3. The molecule has 1 amide bonds. The molecule has 27 heavy (non-hydrogen) atoms. The Balaban J connectivity index is 1.71. The highest BCUT2D eigenvalue weighted by Gasteiger charge is 2.11. The summed E-state index contributed by atoms with van der Waals surface area (Å²) in [6, 6.07) is 20.7. The standard InChI is InChI=1S/C21H15BrN2O2S/c1-14-2-9-19(10-3-14)27-20-11-8-18(26-20)12-15(13-23)21(25)24-17-6-4-16(22)5-7-17/h2-12H,1H3,(H,24,25)/b15-12-. The van der Waals surface area contributed by atoms with Gasteiger partial charge in [0.25, 0.3) is 5.91 Å². The predicted octanol–water partition coefficient (Wildman–Crippen LogP) is 6.05. The van der Waals surface area contributed by atoms with Crippen molar-refractivity contribution >= 4 is 45.4 Å². The van der Waals surface area contributed by atoms with E-state index < -0.39 is 5.91 Å². The van der Waals surface area contributed by atoms with Crippen LogP contribution in [0.4, 0.5) is 5.69 Å². The van der Waals surface area contributed by atoms with Gasteiger partial charge in [-0.2, -0.15) is 5.26 Å². The minimum Gasteiger partial charge on any atom is -0.450 e. The van der Waals surface area contributed by atoms with Gasteiger partial charge in [0.1, 0.15) is 17.4 Å². The zero-order chi connectivity index (χ0) is 19.2. The Kier molecular flexibility index (Phi) is 6.17. The Morgan fingerprint density at radius 2 is 1.81 bits per heavy atom. The summed E-state index contributed by atoms with van der Waals surface area (Å²) in [4.78, 5) is 13.4. The Hall–Kier alpha value is -2.75. The van der Waals surface area contributed by atoms with E-state index in [0.29, 0.717) is 16.5 Å². The molecule has 2 aromatic carbocycles. The zero-order valence-electron chi connectivity index (χ0n) is 14.4. The number of rotatable bonds is 5. The van der Waals surface area contributed by atoms with Crippen LogP contribution in [0.2, 0.25) is 0 Å². The van der Waals surface area contributed by atoms with Crippen molar-refractivity contribution in [3.05, 3.63) is 82.0 Å². The number of nitrogens with zero attached hydrogens (tertiary/aromatic N) is 1. The number of anilines is 1. The van der Waals surface area contributed by atoms with Crippen LogP contribution in [0.25, 0.3) is 6.08 Å². The number of nitriles is 1. The van der Waals surface area contributed by atoms with E-state index in [1.165, 1.54) is 23.4 Å². The number of benzene rings is 2. The molecule has 0 fully saturated rings. The van der Waals surface area contributed by atoms with Crippen molar-refractivity contribution in [2.45, 2.75) is 16.9 Å². The first-order valence-corrected chi connectivity index (χ1v) is 9.67. The molecule has 1 N–H and O–H groups in total. The van der Waals surface area contributed by atoms with Crippen LogP contribution < -0.4 is 5.32 Å². The SMILES string of the molecule is Cc1ccc(Sc2ccc(/C=C(/C#N)C(=O)Nc3ccc(Br)cc3)o2)cc1. The fourth-order valence-electron chi connectivity index (χ4n) is 2.21. The van der Waals surface area contributed by atoms with Crippen LogP contribution in [0.3, 0.4) is 0 Å². The van der Waals surface area contributed by atoms with E-state index in [4.69, 9.17) is 4.42 Å². The Bertz CT molecular complexity index is 1020. The van der Waals surface area contributed by atoms with Gasteiger partial charge >= 0.3 is 0 Å². The van der Waals surface area contributed by atoms with Gasteiger partial charge in [0.05, 0.1) is 0 Å². The lowest BCUT2D eigenvalue weighted by atomic mass is 10.2. The molecule has 0 saturated heterocycles. The van der Waals surface area contributed by atoms with Crippen LogP contribution in [0, 0.1) is 18.3 Å². The second kappa shape index (κ2) is 8.76. The molecule has 0 aliphatic rings. The van der Waals surface area contributed by atoms with E-state index in [1.54, 1.807) is 18.2 Å². The van der Waals surface area contributed by atoms with Crippen molar-refractivity contribution in [2.75, 3.05) is 5.32 Å². The van der Waals surface area contributed by atoms with Gasteiger partial charge in [-0.15, -0.1) is 0 Å². The third-order valence-electron chi connectivity index (χ3n) is 3.60. The number of hydrogen-bond donors (Lipinski definition) is 1. The van der Waals surface area contributed by atoms with E-state index in [2.05, 4.69) is 21.2 Å². The molecule has 4 nitrogen and oxygen atoms in total. The highest BCUT2D eigenvalue weighted by molar-refractivity contribution is 9.10. The first kappa shape index (κ1) is 19.0. The molecule has 0 unspecified atom stereocenters. The minimum atomic E-state index is -0.482. The maximum Gasteiger partial charge on any atom is 0.266 e. The van der Waals surface area contributed by atoms with Crippen molar-refractivity contribution in [1.82, 2.24) is 0 Å². The molecule has 0 radical (unpaired) electrons. The first-order chi connectivity index (χ1) is 13.0. The fourth-order valence-corrected chi connectivity index (χ4v) is 3.25. The van der Waals surface area contributed by atoms with Gasteiger partial charge in [0, 0.05) is 21.1 Å². The van der Waals surface area contributed by atoms with Crippen molar-refractivity contribution in [1.29, 1.82) is 5.26 Å². The summed E-state index contributed by atoms with van der Waals surface area (Å²) in [7, 11) is 0. The molecule has 0 atom stereocenters. The molecule has 1 aromatic heterocycles. The second-order valence-electron chi connectivity index (χ2n) is 5.70. The maximum atomic E-state index is 12.3. The summed E-state index contributed by atoms with van der Waals surface area (Å²) >= 11 is 4.82. The monoisotopic (exact) mass is 438 g/mol. The highest BCUT2D eigenvalue weighted by Crippen LogP contribution is 2.30. The van der Waals surface area contributed by atoms with Crippen LogP contribution in [0.5, 0.6) is 0 Å². The third-order valence-corrected chi connectivity index (χ3v) is 5.05. The topological polar surface area (TPSA) is 66.0 Å². The van der Waals surface area contributed by atoms with Crippen LogP contribution in [-0.2, 0) is 4.79 Å². The molecule has 6 heteroatoms. The summed E-state index contributed by atoms with van der Waals surface area (Å²) in [5.74, 6) is -0.0314. The lowest BCUT2D eigenvalue weighted by Crippen LogP contribution is -2.13. The number of carbonyl (C=O) groups is 1. The van der Waals surface area contributed by atoms with E-state index >= 15 is 0 Å². The average Bonchev–Trinajstić information content (AvgIpc) is 3.10. The molecule has 0 saturated carbocycles. The first-order valence-electron chi connectivity index (χ1n) is 8.06. The second-order valence-corrected chi connectivity index (χ2v) is 7.70. The average molecular weight is 439 g/mol. The molecular weight excluding hydrogens is 424 g/mol. The molecule has 3 rings (SSSR count). The predicted molar refractivity (Wildman–Crippen MR) is 110 cm³/mol. The van der Waals surface area contributed by atoms with Crippen LogP contribution >= 0.6 is 27.7 Å². The molecular formula is C21H15BrN2O2S. The summed E-state index contributed by atoms with van der Waals surface area (Å²) in [6.45, 7) is 2.03. The zero-order valence-corrected chi connectivity index (χ0v) is 16.8. The number of nitrogens with one attached hydrogen (secondary N) is 1. The summed E-state index contributed by atoms with van der Waals surface area (Å²) in [5, 5.41) is 12.7. The number of furan rings is 1. The van der Waals surface area contributed by atoms with Crippen molar-refractivity contribution in [2.24, 2.45) is 0 Å². The number of aryl methyl sites for hydroxylation is 1. The normalized spacial score (nSPS) is 11.1. The van der Waals surface area contributed by atoms with Gasteiger partial charge in [-0.1, -0.05) is 45.4 Å². The molecule has 0 bridgehead atoms. The summed E-state index contributed by atoms with van der Waals surface area (Å²) in [5.41, 5.74) is 1.77. The van der Waals surface area contributed by atoms with Crippen molar-refractivity contribution < 1.29 is 9.21 Å². The third kappa shape index (κ3) is 5.36. The molecule has 3 aromatic rings. The van der Waals surface area contributed by atoms with Gasteiger partial charge in [0.15, 0.2) is 5.09 Å². The van der Waals surface area contributed by atoms with E-state index in [9.17, 15) is 10.1 Å². The lowest BCUT2D eigenvalue weighted by molar-refractivity contribution is -0.112. The van der Waals surface area contributed by atoms with Crippen LogP contribution in [0.1, 0.15) is 11.3 Å². The number of carbonyl (C=O) groups excluding carboxylic acids is 1. The van der Waals surface area contributed by atoms with E-state index in [-0.39, 0.29) is 5.57 Å². The molecule has 134 valence electrons. The highest BCUT2D eigenvalue weighted by atomic mass is 79.9.